The minimum absolute atomic E-state index is 0.0878. The van der Waals surface area contributed by atoms with E-state index in [4.69, 9.17) is 4.74 Å². The van der Waals surface area contributed by atoms with Gasteiger partial charge in [0.1, 0.15) is 5.60 Å². The first-order chi connectivity index (χ1) is 12.5. The molecule has 0 bridgehead atoms. The molecule has 3 rings (SSSR count). The molecule has 8 heteroatoms. The molecule has 2 heterocycles. The Bertz CT molecular complexity index is 837. The molecule has 1 aromatic heterocycles. The summed E-state index contributed by atoms with van der Waals surface area (Å²) in [4.78, 5) is 18.1. The highest BCUT2D eigenvalue weighted by atomic mass is 19.4. The van der Waals surface area contributed by atoms with Crippen LogP contribution in [0.15, 0.2) is 30.6 Å². The van der Waals surface area contributed by atoms with Gasteiger partial charge < -0.3 is 14.2 Å². The van der Waals surface area contributed by atoms with Crippen molar-refractivity contribution in [2.24, 2.45) is 0 Å². The van der Waals surface area contributed by atoms with Gasteiger partial charge in [-0.2, -0.15) is 13.2 Å². The first-order valence-corrected chi connectivity index (χ1v) is 8.70. The predicted octanol–water partition coefficient (Wildman–Crippen LogP) is 4.24. The first kappa shape index (κ1) is 19.3. The Hall–Kier alpha value is -2.51. The largest absolute Gasteiger partial charge is 0.444 e. The maximum atomic E-state index is 13.2. The molecule has 1 aliphatic rings. The van der Waals surface area contributed by atoms with Crippen molar-refractivity contribution in [3.8, 4) is 0 Å². The number of nitrogens with zero attached hydrogens (tertiary/aromatic N) is 3. The molecule has 146 valence electrons. The van der Waals surface area contributed by atoms with E-state index in [0.29, 0.717) is 18.7 Å². The van der Waals surface area contributed by atoms with Crippen LogP contribution in [-0.2, 0) is 30.4 Å². The summed E-state index contributed by atoms with van der Waals surface area (Å²) in [6, 6.07) is 5.54. The SMILES string of the molecule is CC(C)(C)OC(=O)N1CCc2c(ncn2Cc2ccccc2C(F)(F)F)C1. The number of amides is 1. The van der Waals surface area contributed by atoms with E-state index in [9.17, 15) is 18.0 Å². The summed E-state index contributed by atoms with van der Waals surface area (Å²) in [6.45, 7) is 6.21. The molecule has 0 fully saturated rings. The van der Waals surface area contributed by atoms with E-state index in [1.165, 1.54) is 18.5 Å². The van der Waals surface area contributed by atoms with Crippen LogP contribution in [-0.4, -0.2) is 32.7 Å². The van der Waals surface area contributed by atoms with E-state index < -0.39 is 23.4 Å². The zero-order chi connectivity index (χ0) is 19.8. The molecule has 0 unspecified atom stereocenters. The molecular weight excluding hydrogens is 359 g/mol. The summed E-state index contributed by atoms with van der Waals surface area (Å²) in [6.07, 6.45) is -2.76. The van der Waals surface area contributed by atoms with Crippen LogP contribution in [0.3, 0.4) is 0 Å². The molecule has 5 nitrogen and oxygen atoms in total. The number of imidazole rings is 1. The fourth-order valence-corrected chi connectivity index (χ4v) is 3.11. The number of halogens is 3. The van der Waals surface area contributed by atoms with Crippen LogP contribution in [0.4, 0.5) is 18.0 Å². The van der Waals surface area contributed by atoms with Crippen molar-refractivity contribution in [2.75, 3.05) is 6.54 Å². The number of benzene rings is 1. The molecule has 0 saturated carbocycles. The number of hydrogen-bond donors (Lipinski definition) is 0. The quantitative estimate of drug-likeness (QED) is 0.782. The molecule has 0 spiro atoms. The van der Waals surface area contributed by atoms with Crippen LogP contribution < -0.4 is 0 Å². The molecule has 27 heavy (non-hydrogen) atoms. The number of carbonyl (C=O) groups is 1. The minimum Gasteiger partial charge on any atom is -0.444 e. The van der Waals surface area contributed by atoms with Gasteiger partial charge in [-0.3, -0.25) is 0 Å². The summed E-state index contributed by atoms with van der Waals surface area (Å²) in [7, 11) is 0. The Morgan fingerprint density at radius 3 is 2.59 bits per heavy atom. The third-order valence-corrected chi connectivity index (χ3v) is 4.31. The van der Waals surface area contributed by atoms with Crippen molar-refractivity contribution in [3.05, 3.63) is 53.1 Å². The zero-order valence-corrected chi connectivity index (χ0v) is 15.5. The third kappa shape index (κ3) is 4.43. The van der Waals surface area contributed by atoms with Crippen LogP contribution in [0.5, 0.6) is 0 Å². The summed E-state index contributed by atoms with van der Waals surface area (Å²) < 4.78 is 46.7. The normalized spacial score (nSPS) is 14.8. The lowest BCUT2D eigenvalue weighted by Crippen LogP contribution is -2.40. The van der Waals surface area contributed by atoms with E-state index in [-0.39, 0.29) is 18.7 Å². The average Bonchev–Trinajstić information content (AvgIpc) is 2.95. The van der Waals surface area contributed by atoms with Crippen LogP contribution >= 0.6 is 0 Å². The summed E-state index contributed by atoms with van der Waals surface area (Å²) in [5.41, 5.74) is 0.514. The summed E-state index contributed by atoms with van der Waals surface area (Å²) >= 11 is 0. The summed E-state index contributed by atoms with van der Waals surface area (Å²) in [5, 5.41) is 0. The monoisotopic (exact) mass is 381 g/mol. The van der Waals surface area contributed by atoms with Crippen molar-refractivity contribution in [3.63, 3.8) is 0 Å². The van der Waals surface area contributed by atoms with Crippen molar-refractivity contribution in [2.45, 2.75) is 52.1 Å². The highest BCUT2D eigenvalue weighted by Crippen LogP contribution is 2.32. The van der Waals surface area contributed by atoms with Crippen LogP contribution in [0, 0.1) is 0 Å². The van der Waals surface area contributed by atoms with Gasteiger partial charge in [0.05, 0.1) is 24.1 Å². The van der Waals surface area contributed by atoms with Gasteiger partial charge in [0.15, 0.2) is 0 Å². The Morgan fingerprint density at radius 2 is 1.93 bits per heavy atom. The second-order valence-corrected chi connectivity index (χ2v) is 7.57. The van der Waals surface area contributed by atoms with Crippen LogP contribution in [0.2, 0.25) is 0 Å². The van der Waals surface area contributed by atoms with Crippen molar-refractivity contribution in [1.29, 1.82) is 0 Å². The van der Waals surface area contributed by atoms with Crippen molar-refractivity contribution >= 4 is 6.09 Å². The second-order valence-electron chi connectivity index (χ2n) is 7.57. The number of alkyl halides is 3. The lowest BCUT2D eigenvalue weighted by Gasteiger charge is -2.30. The smallest absolute Gasteiger partial charge is 0.416 e. The van der Waals surface area contributed by atoms with E-state index >= 15 is 0 Å². The molecule has 0 aliphatic carbocycles. The zero-order valence-electron chi connectivity index (χ0n) is 15.5. The molecule has 2 aromatic rings. The Labute approximate surface area is 155 Å². The topological polar surface area (TPSA) is 47.4 Å². The highest BCUT2D eigenvalue weighted by molar-refractivity contribution is 5.68. The van der Waals surface area contributed by atoms with E-state index in [1.807, 2.05) is 0 Å². The van der Waals surface area contributed by atoms with Gasteiger partial charge in [0.2, 0.25) is 0 Å². The lowest BCUT2D eigenvalue weighted by molar-refractivity contribution is -0.138. The van der Waals surface area contributed by atoms with Crippen molar-refractivity contribution < 1.29 is 22.7 Å². The molecule has 1 aromatic carbocycles. The predicted molar refractivity (Wildman–Crippen MR) is 93.1 cm³/mol. The number of fused-ring (bicyclic) bond motifs is 1. The molecule has 1 amide bonds. The number of aromatic nitrogens is 2. The maximum Gasteiger partial charge on any atom is 0.416 e. The molecule has 0 N–H and O–H groups in total. The molecule has 0 radical (unpaired) electrons. The van der Waals surface area contributed by atoms with E-state index in [1.54, 1.807) is 36.3 Å². The molecule has 1 aliphatic heterocycles. The van der Waals surface area contributed by atoms with Gasteiger partial charge >= 0.3 is 12.3 Å². The number of hydrogen-bond acceptors (Lipinski definition) is 3. The third-order valence-electron chi connectivity index (χ3n) is 4.31. The Kier molecular flexibility index (Phi) is 4.92. The Morgan fingerprint density at radius 1 is 1.22 bits per heavy atom. The second kappa shape index (κ2) is 6.90. The molecule has 0 atom stereocenters. The van der Waals surface area contributed by atoms with Gasteiger partial charge in [-0.05, 0) is 32.4 Å². The number of ether oxygens (including phenoxy) is 1. The summed E-state index contributed by atoms with van der Waals surface area (Å²) in [5.74, 6) is 0. The van der Waals surface area contributed by atoms with Gasteiger partial charge in [0.25, 0.3) is 0 Å². The van der Waals surface area contributed by atoms with Gasteiger partial charge in [-0.1, -0.05) is 18.2 Å². The standard InChI is InChI=1S/C19H22F3N3O2/c1-18(2,3)27-17(26)24-9-8-16-15(11-24)23-12-25(16)10-13-6-4-5-7-14(13)19(20,21)22/h4-7,12H,8-11H2,1-3H3. The number of carbonyl (C=O) groups excluding carboxylic acids is 1. The van der Waals surface area contributed by atoms with E-state index in [2.05, 4.69) is 4.98 Å². The fourth-order valence-electron chi connectivity index (χ4n) is 3.11. The fraction of sp³-hybridized carbons (Fsp3) is 0.474. The number of rotatable bonds is 2. The minimum atomic E-state index is -4.40. The average molecular weight is 381 g/mol. The van der Waals surface area contributed by atoms with Crippen LogP contribution in [0.1, 0.15) is 43.3 Å². The molecule has 0 saturated heterocycles. The van der Waals surface area contributed by atoms with E-state index in [0.717, 1.165) is 11.8 Å². The van der Waals surface area contributed by atoms with Gasteiger partial charge in [-0.15, -0.1) is 0 Å². The van der Waals surface area contributed by atoms with Crippen molar-refractivity contribution in [1.82, 2.24) is 14.5 Å². The lowest BCUT2D eigenvalue weighted by atomic mass is 10.1. The Balaban J connectivity index is 1.78. The molecular formula is C19H22F3N3O2. The van der Waals surface area contributed by atoms with Gasteiger partial charge in [-0.25, -0.2) is 9.78 Å². The highest BCUT2D eigenvalue weighted by Gasteiger charge is 2.33. The van der Waals surface area contributed by atoms with Crippen LogP contribution in [0.25, 0.3) is 0 Å². The maximum absolute atomic E-state index is 13.2. The van der Waals surface area contributed by atoms with Gasteiger partial charge in [0, 0.05) is 25.2 Å². The first-order valence-electron chi connectivity index (χ1n) is 8.70.